The van der Waals surface area contributed by atoms with Crippen molar-refractivity contribution in [2.24, 2.45) is 0 Å². The Morgan fingerprint density at radius 1 is 1.17 bits per heavy atom. The number of nitrogens with one attached hydrogen (secondary N) is 2. The molecule has 0 saturated heterocycles. The van der Waals surface area contributed by atoms with E-state index in [2.05, 4.69) is 14.8 Å². The molecule has 2 N–H and O–H groups in total. The molecule has 0 spiro atoms. The van der Waals surface area contributed by atoms with Crippen LogP contribution in [0.3, 0.4) is 0 Å². The zero-order chi connectivity index (χ0) is 17.5. The van der Waals surface area contributed by atoms with E-state index in [1.807, 2.05) is 13.8 Å². The average molecular weight is 342 g/mol. The maximum atomic E-state index is 12.1. The van der Waals surface area contributed by atoms with Crippen molar-refractivity contribution < 1.29 is 22.7 Å². The topological polar surface area (TPSA) is 102 Å². The predicted molar refractivity (Wildman–Crippen MR) is 85.4 cm³/mol. The highest BCUT2D eigenvalue weighted by atomic mass is 32.2. The van der Waals surface area contributed by atoms with E-state index in [0.717, 1.165) is 5.56 Å². The van der Waals surface area contributed by atoms with Crippen LogP contribution in [0.15, 0.2) is 29.2 Å². The third-order valence-electron chi connectivity index (χ3n) is 3.12. The summed E-state index contributed by atoms with van der Waals surface area (Å²) in [5, 5.41) is 2.31. The maximum Gasteiger partial charge on any atom is 0.307 e. The largest absolute Gasteiger partial charge is 0.456 e. The Bertz CT molecular complexity index is 638. The number of ether oxygens (including phenoxy) is 1. The Labute approximate surface area is 136 Å². The molecule has 7 nitrogen and oxygen atoms in total. The van der Waals surface area contributed by atoms with E-state index >= 15 is 0 Å². The Morgan fingerprint density at radius 2 is 1.78 bits per heavy atom. The van der Waals surface area contributed by atoms with Crippen molar-refractivity contribution in [2.45, 2.75) is 31.1 Å². The van der Waals surface area contributed by atoms with Crippen molar-refractivity contribution in [3.8, 4) is 0 Å². The second kappa shape index (κ2) is 8.64. The van der Waals surface area contributed by atoms with Crippen molar-refractivity contribution in [3.63, 3.8) is 0 Å². The van der Waals surface area contributed by atoms with Crippen molar-refractivity contribution in [2.75, 3.05) is 20.2 Å². The molecule has 0 unspecified atom stereocenters. The van der Waals surface area contributed by atoms with Gasteiger partial charge in [-0.2, -0.15) is 0 Å². The van der Waals surface area contributed by atoms with Crippen LogP contribution in [0.25, 0.3) is 0 Å². The monoisotopic (exact) mass is 342 g/mol. The second-order valence-electron chi connectivity index (χ2n) is 5.21. The summed E-state index contributed by atoms with van der Waals surface area (Å²) in [6.07, 6.45) is -0.152. The number of esters is 1. The molecule has 23 heavy (non-hydrogen) atoms. The molecule has 0 fully saturated rings. The number of rotatable bonds is 8. The van der Waals surface area contributed by atoms with Gasteiger partial charge in [0, 0.05) is 13.6 Å². The summed E-state index contributed by atoms with van der Waals surface area (Å²) in [4.78, 5) is 22.4. The van der Waals surface area contributed by atoms with Crippen LogP contribution in [0.5, 0.6) is 0 Å². The van der Waals surface area contributed by atoms with Gasteiger partial charge in [0.15, 0.2) is 6.61 Å². The van der Waals surface area contributed by atoms with Crippen LogP contribution in [-0.2, 0) is 24.3 Å². The Hall–Kier alpha value is -1.93. The van der Waals surface area contributed by atoms with E-state index in [0.29, 0.717) is 5.92 Å². The highest BCUT2D eigenvalue weighted by molar-refractivity contribution is 7.89. The molecule has 1 aromatic carbocycles. The minimum Gasteiger partial charge on any atom is -0.456 e. The number of carbonyl (C=O) groups excluding carboxylic acids is 2. The molecule has 0 aliphatic carbocycles. The zero-order valence-corrected chi connectivity index (χ0v) is 14.3. The molecule has 0 radical (unpaired) electrons. The number of carbonyl (C=O) groups is 2. The number of hydrogen-bond acceptors (Lipinski definition) is 5. The maximum absolute atomic E-state index is 12.1. The van der Waals surface area contributed by atoms with Crippen LogP contribution in [0, 0.1) is 0 Å². The van der Waals surface area contributed by atoms with Gasteiger partial charge >= 0.3 is 5.97 Å². The lowest BCUT2D eigenvalue weighted by Gasteiger charge is -2.09. The molecule has 8 heteroatoms. The minimum atomic E-state index is -3.67. The van der Waals surface area contributed by atoms with Gasteiger partial charge in [0.1, 0.15) is 0 Å². The molecule has 1 rings (SSSR count). The van der Waals surface area contributed by atoms with Gasteiger partial charge in [-0.1, -0.05) is 26.0 Å². The summed E-state index contributed by atoms with van der Waals surface area (Å²) in [6.45, 7) is 3.57. The normalized spacial score (nSPS) is 11.3. The van der Waals surface area contributed by atoms with Crippen molar-refractivity contribution in [1.29, 1.82) is 0 Å². The van der Waals surface area contributed by atoms with Gasteiger partial charge in [-0.05, 0) is 23.6 Å². The molecule has 0 aliphatic heterocycles. The molecule has 0 atom stereocenters. The molecular formula is C15H22N2O5S. The number of likely N-dealkylation sites (N-methyl/N-ethyl adjacent to an activating group) is 1. The lowest BCUT2D eigenvalue weighted by Crippen LogP contribution is -2.28. The Balaban J connectivity index is 2.49. The first kappa shape index (κ1) is 19.1. The Morgan fingerprint density at radius 3 is 2.30 bits per heavy atom. The molecule has 128 valence electrons. The first-order valence-electron chi connectivity index (χ1n) is 7.22. The van der Waals surface area contributed by atoms with E-state index in [1.54, 1.807) is 12.1 Å². The molecule has 0 bridgehead atoms. The number of benzene rings is 1. The summed E-state index contributed by atoms with van der Waals surface area (Å²) in [6, 6.07) is 6.58. The second-order valence-corrected chi connectivity index (χ2v) is 6.97. The smallest absolute Gasteiger partial charge is 0.307 e. The molecule has 1 amide bonds. The lowest BCUT2D eigenvalue weighted by molar-refractivity contribution is -0.148. The van der Waals surface area contributed by atoms with Gasteiger partial charge in [-0.3, -0.25) is 9.59 Å². The van der Waals surface area contributed by atoms with Gasteiger partial charge in [0.2, 0.25) is 10.0 Å². The van der Waals surface area contributed by atoms with Gasteiger partial charge in [0.05, 0.1) is 11.3 Å². The van der Waals surface area contributed by atoms with Crippen LogP contribution in [0.2, 0.25) is 0 Å². The van der Waals surface area contributed by atoms with E-state index in [9.17, 15) is 18.0 Å². The summed E-state index contributed by atoms with van der Waals surface area (Å²) < 4.78 is 31.2. The van der Waals surface area contributed by atoms with Gasteiger partial charge < -0.3 is 10.1 Å². The van der Waals surface area contributed by atoms with Crippen LogP contribution in [0.4, 0.5) is 0 Å². The minimum absolute atomic E-state index is 0.0964. The van der Waals surface area contributed by atoms with E-state index in [4.69, 9.17) is 0 Å². The molecule has 0 saturated carbocycles. The summed E-state index contributed by atoms with van der Waals surface area (Å²) in [5.41, 5.74) is 1.04. The van der Waals surface area contributed by atoms with Gasteiger partial charge in [0.25, 0.3) is 5.91 Å². The quantitative estimate of drug-likeness (QED) is 0.680. The first-order chi connectivity index (χ1) is 10.8. The third-order valence-corrected chi connectivity index (χ3v) is 4.60. The third kappa shape index (κ3) is 6.37. The van der Waals surface area contributed by atoms with Crippen molar-refractivity contribution >= 4 is 21.9 Å². The van der Waals surface area contributed by atoms with Crippen LogP contribution < -0.4 is 10.0 Å². The van der Waals surface area contributed by atoms with Crippen LogP contribution in [0.1, 0.15) is 31.7 Å². The fourth-order valence-electron chi connectivity index (χ4n) is 1.69. The number of amides is 1. The van der Waals surface area contributed by atoms with Crippen LogP contribution >= 0.6 is 0 Å². The Kier molecular flexibility index (Phi) is 7.18. The highest BCUT2D eigenvalue weighted by Crippen LogP contribution is 2.17. The molecule has 0 aliphatic rings. The van der Waals surface area contributed by atoms with Crippen LogP contribution in [-0.4, -0.2) is 40.5 Å². The standard InChI is InChI=1S/C15H22N2O5S/c1-11(2)12-4-6-13(7-5-12)23(20,21)17-9-8-15(19)22-10-14(18)16-3/h4-7,11,17H,8-10H2,1-3H3,(H,16,18). The molecule has 0 heterocycles. The summed E-state index contributed by atoms with van der Waals surface area (Å²) in [7, 11) is -2.25. The van der Waals surface area contributed by atoms with E-state index in [-0.39, 0.29) is 24.5 Å². The molecule has 1 aromatic rings. The average Bonchev–Trinajstić information content (AvgIpc) is 2.52. The first-order valence-corrected chi connectivity index (χ1v) is 8.70. The van der Waals surface area contributed by atoms with Gasteiger partial charge in [-0.15, -0.1) is 0 Å². The molecule has 0 aromatic heterocycles. The van der Waals surface area contributed by atoms with Crippen molar-refractivity contribution in [1.82, 2.24) is 10.0 Å². The fourth-order valence-corrected chi connectivity index (χ4v) is 2.72. The summed E-state index contributed by atoms with van der Waals surface area (Å²) >= 11 is 0. The van der Waals surface area contributed by atoms with E-state index in [1.165, 1.54) is 19.2 Å². The SMILES string of the molecule is CNC(=O)COC(=O)CCNS(=O)(=O)c1ccc(C(C)C)cc1. The zero-order valence-electron chi connectivity index (χ0n) is 13.5. The predicted octanol–water partition coefficient (Wildman–Crippen LogP) is 0.768. The van der Waals surface area contributed by atoms with Gasteiger partial charge in [-0.25, -0.2) is 13.1 Å². The van der Waals surface area contributed by atoms with E-state index < -0.39 is 21.9 Å². The van der Waals surface area contributed by atoms with Crippen molar-refractivity contribution in [3.05, 3.63) is 29.8 Å². The number of hydrogen-bond donors (Lipinski definition) is 2. The highest BCUT2D eigenvalue weighted by Gasteiger charge is 2.15. The molecular weight excluding hydrogens is 320 g/mol. The fraction of sp³-hybridized carbons (Fsp3) is 0.467. The lowest BCUT2D eigenvalue weighted by atomic mass is 10.0. The number of sulfonamides is 1. The summed E-state index contributed by atoms with van der Waals surface area (Å²) in [5.74, 6) is -0.759.